The molecule has 4 nitrogen and oxygen atoms in total. The first-order valence-corrected chi connectivity index (χ1v) is 3.03. The van der Waals surface area contributed by atoms with Crippen molar-refractivity contribution in [3.63, 3.8) is 0 Å². The molecule has 9 heavy (non-hydrogen) atoms. The Labute approximate surface area is 54.0 Å². The van der Waals surface area contributed by atoms with E-state index in [1.54, 1.807) is 0 Å². The van der Waals surface area contributed by atoms with Crippen molar-refractivity contribution in [1.82, 2.24) is 0 Å². The SMILES string of the molecule is NC1(N)CCOOCC1. The van der Waals surface area contributed by atoms with Gasteiger partial charge in [-0.25, -0.2) is 9.78 Å². The molecule has 0 spiro atoms. The second kappa shape index (κ2) is 2.62. The Kier molecular flexibility index (Phi) is 2.02. The molecule has 0 radical (unpaired) electrons. The van der Waals surface area contributed by atoms with Gasteiger partial charge in [0.15, 0.2) is 0 Å². The van der Waals surface area contributed by atoms with Gasteiger partial charge in [0.25, 0.3) is 0 Å². The van der Waals surface area contributed by atoms with Gasteiger partial charge in [0.1, 0.15) is 0 Å². The highest BCUT2D eigenvalue weighted by Gasteiger charge is 2.21. The molecular formula is C5H12N2O2. The van der Waals surface area contributed by atoms with Gasteiger partial charge in [0.05, 0.1) is 18.9 Å². The van der Waals surface area contributed by atoms with Crippen LogP contribution in [0.5, 0.6) is 0 Å². The van der Waals surface area contributed by atoms with E-state index >= 15 is 0 Å². The minimum atomic E-state index is -0.587. The molecule has 54 valence electrons. The third-order valence-electron chi connectivity index (χ3n) is 1.39. The van der Waals surface area contributed by atoms with Gasteiger partial charge < -0.3 is 11.5 Å². The lowest BCUT2D eigenvalue weighted by Gasteiger charge is -2.19. The number of hydrogen-bond donors (Lipinski definition) is 2. The Morgan fingerprint density at radius 2 is 1.44 bits per heavy atom. The quantitative estimate of drug-likeness (QED) is 0.339. The maximum absolute atomic E-state index is 5.60. The highest BCUT2D eigenvalue weighted by atomic mass is 17.2. The van der Waals surface area contributed by atoms with Gasteiger partial charge in [0, 0.05) is 12.8 Å². The standard InChI is InChI=1S/C5H12N2O2/c6-5(7)1-3-8-9-4-2-5/h1-4,6-7H2. The van der Waals surface area contributed by atoms with Gasteiger partial charge in [-0.1, -0.05) is 0 Å². The van der Waals surface area contributed by atoms with E-state index in [1.807, 2.05) is 0 Å². The zero-order valence-electron chi connectivity index (χ0n) is 5.30. The Morgan fingerprint density at radius 3 is 1.89 bits per heavy atom. The minimum absolute atomic E-state index is 0.493. The van der Waals surface area contributed by atoms with Crippen molar-refractivity contribution in [2.24, 2.45) is 11.5 Å². The van der Waals surface area contributed by atoms with Gasteiger partial charge >= 0.3 is 0 Å². The van der Waals surface area contributed by atoms with Crippen LogP contribution in [-0.2, 0) is 9.78 Å². The molecule has 1 rings (SSSR count). The summed E-state index contributed by atoms with van der Waals surface area (Å²) >= 11 is 0. The van der Waals surface area contributed by atoms with E-state index in [9.17, 15) is 0 Å². The molecule has 0 unspecified atom stereocenters. The largest absolute Gasteiger partial charge is 0.313 e. The number of nitrogens with two attached hydrogens (primary N) is 2. The van der Waals surface area contributed by atoms with Crippen LogP contribution in [0.2, 0.25) is 0 Å². The Hall–Kier alpha value is -0.160. The molecule has 1 saturated heterocycles. The maximum Gasteiger partial charge on any atom is 0.0852 e. The fourth-order valence-electron chi connectivity index (χ4n) is 0.706. The summed E-state index contributed by atoms with van der Waals surface area (Å²) in [5.74, 6) is 0. The molecule has 0 aliphatic carbocycles. The molecule has 1 aliphatic heterocycles. The molecule has 1 fully saturated rings. The first-order valence-electron chi connectivity index (χ1n) is 3.03. The van der Waals surface area contributed by atoms with Crippen LogP contribution in [0.3, 0.4) is 0 Å². The third kappa shape index (κ3) is 2.28. The van der Waals surface area contributed by atoms with Crippen molar-refractivity contribution < 1.29 is 9.78 Å². The highest BCUT2D eigenvalue weighted by Crippen LogP contribution is 2.08. The summed E-state index contributed by atoms with van der Waals surface area (Å²) < 4.78 is 0. The molecule has 0 amide bonds. The summed E-state index contributed by atoms with van der Waals surface area (Å²) in [6, 6.07) is 0. The van der Waals surface area contributed by atoms with E-state index in [0.717, 1.165) is 0 Å². The van der Waals surface area contributed by atoms with E-state index < -0.39 is 5.66 Å². The maximum atomic E-state index is 5.60. The predicted molar refractivity (Wildman–Crippen MR) is 32.2 cm³/mol. The summed E-state index contributed by atoms with van der Waals surface area (Å²) in [7, 11) is 0. The molecular weight excluding hydrogens is 120 g/mol. The zero-order chi connectivity index (χ0) is 6.74. The van der Waals surface area contributed by atoms with Crippen molar-refractivity contribution in [2.45, 2.75) is 18.5 Å². The average Bonchev–Trinajstić information content (AvgIpc) is 1.92. The van der Waals surface area contributed by atoms with Crippen LogP contribution in [0, 0.1) is 0 Å². The van der Waals surface area contributed by atoms with Crippen LogP contribution in [0.15, 0.2) is 0 Å². The lowest BCUT2D eigenvalue weighted by molar-refractivity contribution is -0.287. The summed E-state index contributed by atoms with van der Waals surface area (Å²) in [6.45, 7) is 0.986. The van der Waals surface area contributed by atoms with Crippen LogP contribution >= 0.6 is 0 Å². The number of rotatable bonds is 0. The van der Waals surface area contributed by atoms with Crippen LogP contribution in [0.4, 0.5) is 0 Å². The monoisotopic (exact) mass is 132 g/mol. The molecule has 4 N–H and O–H groups in total. The van der Waals surface area contributed by atoms with Crippen molar-refractivity contribution in [3.8, 4) is 0 Å². The molecule has 0 bridgehead atoms. The van der Waals surface area contributed by atoms with Crippen molar-refractivity contribution in [3.05, 3.63) is 0 Å². The van der Waals surface area contributed by atoms with Crippen molar-refractivity contribution in [2.75, 3.05) is 13.2 Å². The average molecular weight is 132 g/mol. The summed E-state index contributed by atoms with van der Waals surface area (Å²) in [5, 5.41) is 0. The molecule has 1 aliphatic rings. The molecule has 0 aromatic rings. The zero-order valence-corrected chi connectivity index (χ0v) is 5.30. The van der Waals surface area contributed by atoms with E-state index in [1.165, 1.54) is 0 Å². The third-order valence-corrected chi connectivity index (χ3v) is 1.39. The molecule has 1 heterocycles. The molecule has 0 aromatic heterocycles. The predicted octanol–water partition coefficient (Wildman–Crippen LogP) is -0.658. The van der Waals surface area contributed by atoms with Crippen LogP contribution in [-0.4, -0.2) is 18.9 Å². The summed E-state index contributed by atoms with van der Waals surface area (Å²) in [5.41, 5.74) is 10.6. The van der Waals surface area contributed by atoms with Gasteiger partial charge in [-0.2, -0.15) is 0 Å². The van der Waals surface area contributed by atoms with E-state index in [-0.39, 0.29) is 0 Å². The molecule has 0 aromatic carbocycles. The summed E-state index contributed by atoms with van der Waals surface area (Å²) in [6.07, 6.45) is 1.32. The van der Waals surface area contributed by atoms with Crippen LogP contribution < -0.4 is 11.5 Å². The fraction of sp³-hybridized carbons (Fsp3) is 1.00. The first-order chi connectivity index (χ1) is 4.21. The topological polar surface area (TPSA) is 70.5 Å². The second-order valence-corrected chi connectivity index (χ2v) is 2.38. The summed E-state index contributed by atoms with van der Waals surface area (Å²) in [4.78, 5) is 9.34. The van der Waals surface area contributed by atoms with Crippen molar-refractivity contribution in [1.29, 1.82) is 0 Å². The van der Waals surface area contributed by atoms with Crippen LogP contribution in [0.25, 0.3) is 0 Å². The normalized spacial score (nSPS) is 27.3. The molecule has 0 atom stereocenters. The minimum Gasteiger partial charge on any atom is -0.313 e. The van der Waals surface area contributed by atoms with Gasteiger partial charge in [-0.3, -0.25) is 0 Å². The van der Waals surface area contributed by atoms with E-state index in [0.29, 0.717) is 26.1 Å². The lowest BCUT2D eigenvalue weighted by atomic mass is 10.1. The van der Waals surface area contributed by atoms with Gasteiger partial charge in [0.2, 0.25) is 0 Å². The molecule has 4 heteroatoms. The Morgan fingerprint density at radius 1 is 1.00 bits per heavy atom. The second-order valence-electron chi connectivity index (χ2n) is 2.38. The first kappa shape index (κ1) is 6.95. The fourth-order valence-corrected chi connectivity index (χ4v) is 0.706. The number of hydrogen-bond acceptors (Lipinski definition) is 4. The molecule has 0 saturated carbocycles. The van der Waals surface area contributed by atoms with E-state index in [2.05, 4.69) is 9.78 Å². The Bertz CT molecular complexity index is 85.0. The lowest BCUT2D eigenvalue weighted by Crippen LogP contribution is -2.49. The van der Waals surface area contributed by atoms with Gasteiger partial charge in [-0.05, 0) is 0 Å². The van der Waals surface area contributed by atoms with Crippen molar-refractivity contribution >= 4 is 0 Å². The van der Waals surface area contributed by atoms with Gasteiger partial charge in [-0.15, -0.1) is 0 Å². The van der Waals surface area contributed by atoms with Crippen LogP contribution in [0.1, 0.15) is 12.8 Å². The Balaban J connectivity index is 2.36. The smallest absolute Gasteiger partial charge is 0.0852 e. The van der Waals surface area contributed by atoms with E-state index in [4.69, 9.17) is 11.5 Å². The highest BCUT2D eigenvalue weighted by molar-refractivity contribution is 4.76.